The van der Waals surface area contributed by atoms with Gasteiger partial charge in [0.15, 0.2) is 15.8 Å². The molecule has 0 bridgehead atoms. The average Bonchev–Trinajstić information content (AvgIpc) is 2.54. The summed E-state index contributed by atoms with van der Waals surface area (Å²) in [4.78, 5) is 4.66. The van der Waals surface area contributed by atoms with Crippen molar-refractivity contribution in [2.75, 3.05) is 37.7 Å². The molecule has 0 saturated heterocycles. The Balaban J connectivity index is 2.61. The zero-order chi connectivity index (χ0) is 17.2. The summed E-state index contributed by atoms with van der Waals surface area (Å²) in [5.74, 6) is 0.958. The van der Waals surface area contributed by atoms with Crippen LogP contribution >= 0.6 is 0 Å². The summed E-state index contributed by atoms with van der Waals surface area (Å²) < 4.78 is 23.1. The summed E-state index contributed by atoms with van der Waals surface area (Å²) >= 11 is 0. The average molecular weight is 348 g/mol. The van der Waals surface area contributed by atoms with Crippen molar-refractivity contribution in [2.45, 2.75) is 52.4 Å². The second-order valence-electron chi connectivity index (χ2n) is 6.39. The van der Waals surface area contributed by atoms with E-state index in [1.54, 1.807) is 6.92 Å². The van der Waals surface area contributed by atoms with E-state index in [0.29, 0.717) is 19.0 Å². The van der Waals surface area contributed by atoms with Gasteiger partial charge in [-0.15, -0.1) is 0 Å². The molecule has 0 spiro atoms. The highest BCUT2D eigenvalue weighted by Gasteiger charge is 2.31. The molecule has 7 heteroatoms. The van der Waals surface area contributed by atoms with Gasteiger partial charge in [0, 0.05) is 32.0 Å². The maximum Gasteiger partial charge on any atom is 0.191 e. The number of rotatable bonds is 9. The number of nitrogens with one attached hydrogen (secondary N) is 2. The van der Waals surface area contributed by atoms with Crippen molar-refractivity contribution >= 4 is 15.8 Å². The molecular formula is C16H33N3O3S. The van der Waals surface area contributed by atoms with Gasteiger partial charge in [-0.2, -0.15) is 0 Å². The summed E-state index contributed by atoms with van der Waals surface area (Å²) in [5, 5.41) is 15.6. The topological polar surface area (TPSA) is 90.8 Å². The van der Waals surface area contributed by atoms with Crippen molar-refractivity contribution in [1.29, 1.82) is 0 Å². The van der Waals surface area contributed by atoms with Crippen molar-refractivity contribution < 1.29 is 13.5 Å². The number of aliphatic hydroxyl groups excluding tert-OH is 1. The van der Waals surface area contributed by atoms with E-state index in [-0.39, 0.29) is 23.5 Å². The predicted octanol–water partition coefficient (Wildman–Crippen LogP) is 1.31. The zero-order valence-electron chi connectivity index (χ0n) is 14.6. The van der Waals surface area contributed by atoms with Crippen LogP contribution in [0.5, 0.6) is 0 Å². The number of hydrogen-bond acceptors (Lipinski definition) is 4. The molecule has 0 heterocycles. The van der Waals surface area contributed by atoms with E-state index in [9.17, 15) is 13.5 Å². The monoisotopic (exact) mass is 347 g/mol. The lowest BCUT2D eigenvalue weighted by atomic mass is 9.72. The lowest BCUT2D eigenvalue weighted by Gasteiger charge is -2.35. The molecule has 0 atom stereocenters. The largest absolute Gasteiger partial charge is 0.396 e. The number of aliphatic hydroxyl groups is 1. The molecule has 0 aromatic carbocycles. The SMILES string of the molecule is CCNC(=NCC1(CCO)CCCCC1)NCCS(=O)(=O)CC. The fourth-order valence-electron chi connectivity index (χ4n) is 3.08. The van der Waals surface area contributed by atoms with Gasteiger partial charge < -0.3 is 15.7 Å². The van der Waals surface area contributed by atoms with Crippen molar-refractivity contribution in [1.82, 2.24) is 10.6 Å². The van der Waals surface area contributed by atoms with Crippen LogP contribution in [0.4, 0.5) is 0 Å². The van der Waals surface area contributed by atoms with E-state index < -0.39 is 9.84 Å². The summed E-state index contributed by atoms with van der Waals surface area (Å²) in [7, 11) is -2.96. The van der Waals surface area contributed by atoms with Crippen LogP contribution < -0.4 is 10.6 Å². The van der Waals surface area contributed by atoms with Crippen molar-refractivity contribution in [2.24, 2.45) is 10.4 Å². The van der Waals surface area contributed by atoms with Crippen LogP contribution in [0.1, 0.15) is 52.4 Å². The third-order valence-electron chi connectivity index (χ3n) is 4.62. The Kier molecular flexibility index (Phi) is 8.91. The minimum atomic E-state index is -2.96. The van der Waals surface area contributed by atoms with Crippen molar-refractivity contribution in [3.8, 4) is 0 Å². The maximum absolute atomic E-state index is 11.6. The normalized spacial score (nSPS) is 18.7. The van der Waals surface area contributed by atoms with Crippen LogP contribution in [0.15, 0.2) is 4.99 Å². The van der Waals surface area contributed by atoms with E-state index in [0.717, 1.165) is 25.8 Å². The van der Waals surface area contributed by atoms with E-state index in [1.807, 2.05) is 6.92 Å². The first kappa shape index (κ1) is 20.2. The first-order chi connectivity index (χ1) is 11.0. The minimum Gasteiger partial charge on any atom is -0.396 e. The molecule has 23 heavy (non-hydrogen) atoms. The van der Waals surface area contributed by atoms with Gasteiger partial charge in [0.25, 0.3) is 0 Å². The summed E-state index contributed by atoms with van der Waals surface area (Å²) in [6.45, 7) is 5.65. The summed E-state index contributed by atoms with van der Waals surface area (Å²) in [6.07, 6.45) is 6.69. The third-order valence-corrected chi connectivity index (χ3v) is 6.32. The van der Waals surface area contributed by atoms with Crippen LogP contribution in [-0.2, 0) is 9.84 Å². The smallest absolute Gasteiger partial charge is 0.191 e. The Labute approximate surface area is 141 Å². The Morgan fingerprint density at radius 2 is 1.87 bits per heavy atom. The number of nitrogens with zero attached hydrogens (tertiary/aromatic N) is 1. The molecule has 3 N–H and O–H groups in total. The highest BCUT2D eigenvalue weighted by Crippen LogP contribution is 2.39. The van der Waals surface area contributed by atoms with Gasteiger partial charge in [-0.1, -0.05) is 26.2 Å². The first-order valence-electron chi connectivity index (χ1n) is 8.80. The molecule has 0 aromatic rings. The molecule has 136 valence electrons. The van der Waals surface area contributed by atoms with Gasteiger partial charge in [-0.05, 0) is 31.6 Å². The molecule has 1 aliphatic carbocycles. The van der Waals surface area contributed by atoms with Gasteiger partial charge in [0.1, 0.15) is 0 Å². The number of aliphatic imine (C=N–C) groups is 1. The van der Waals surface area contributed by atoms with Crippen LogP contribution in [-0.4, -0.2) is 57.2 Å². The minimum absolute atomic E-state index is 0.102. The second kappa shape index (κ2) is 10.1. The molecule has 1 saturated carbocycles. The van der Waals surface area contributed by atoms with Gasteiger partial charge in [0.2, 0.25) is 0 Å². The first-order valence-corrected chi connectivity index (χ1v) is 10.6. The highest BCUT2D eigenvalue weighted by molar-refractivity contribution is 7.91. The molecule has 0 aliphatic heterocycles. The number of sulfone groups is 1. The van der Waals surface area contributed by atoms with Gasteiger partial charge in [0.05, 0.1) is 5.75 Å². The molecule has 0 unspecified atom stereocenters. The van der Waals surface area contributed by atoms with E-state index >= 15 is 0 Å². The van der Waals surface area contributed by atoms with E-state index in [1.165, 1.54) is 19.3 Å². The molecule has 0 aromatic heterocycles. The Morgan fingerprint density at radius 3 is 2.43 bits per heavy atom. The van der Waals surface area contributed by atoms with Gasteiger partial charge in [-0.3, -0.25) is 4.99 Å². The van der Waals surface area contributed by atoms with Gasteiger partial charge in [-0.25, -0.2) is 8.42 Å². The molecule has 0 radical (unpaired) electrons. The van der Waals surface area contributed by atoms with Gasteiger partial charge >= 0.3 is 0 Å². The maximum atomic E-state index is 11.6. The highest BCUT2D eigenvalue weighted by atomic mass is 32.2. The van der Waals surface area contributed by atoms with Crippen molar-refractivity contribution in [3.63, 3.8) is 0 Å². The quantitative estimate of drug-likeness (QED) is 0.432. The third kappa shape index (κ3) is 7.52. The summed E-state index contributed by atoms with van der Waals surface area (Å²) in [5.41, 5.74) is 0.102. The molecule has 6 nitrogen and oxygen atoms in total. The molecule has 1 fully saturated rings. The number of hydrogen-bond donors (Lipinski definition) is 3. The fourth-order valence-corrected chi connectivity index (χ4v) is 3.79. The Morgan fingerprint density at radius 1 is 1.17 bits per heavy atom. The standard InChI is InChI=1S/C16H33N3O3S/c1-3-17-15(18-11-13-23(21,22)4-2)19-14-16(10-12-20)8-6-5-7-9-16/h20H,3-14H2,1-2H3,(H2,17,18,19). The molecule has 1 aliphatic rings. The lowest BCUT2D eigenvalue weighted by Crippen LogP contribution is -2.41. The fraction of sp³-hybridized carbons (Fsp3) is 0.938. The van der Waals surface area contributed by atoms with Crippen LogP contribution in [0.2, 0.25) is 0 Å². The summed E-state index contributed by atoms with van der Waals surface area (Å²) in [6, 6.07) is 0. The molecule has 1 rings (SSSR count). The van der Waals surface area contributed by atoms with Crippen LogP contribution in [0.25, 0.3) is 0 Å². The number of guanidine groups is 1. The molecule has 0 amide bonds. The van der Waals surface area contributed by atoms with Crippen LogP contribution in [0, 0.1) is 5.41 Å². The Hall–Kier alpha value is -0.820. The van der Waals surface area contributed by atoms with E-state index in [2.05, 4.69) is 15.6 Å². The predicted molar refractivity (Wildman–Crippen MR) is 95.5 cm³/mol. The Bertz CT molecular complexity index is 452. The van der Waals surface area contributed by atoms with Crippen LogP contribution in [0.3, 0.4) is 0 Å². The second-order valence-corrected chi connectivity index (χ2v) is 8.87. The zero-order valence-corrected chi connectivity index (χ0v) is 15.4. The van der Waals surface area contributed by atoms with Crippen molar-refractivity contribution in [3.05, 3.63) is 0 Å². The lowest BCUT2D eigenvalue weighted by molar-refractivity contribution is 0.137. The molecular weight excluding hydrogens is 314 g/mol. The van der Waals surface area contributed by atoms with E-state index in [4.69, 9.17) is 0 Å².